The van der Waals surface area contributed by atoms with Crippen molar-refractivity contribution in [1.29, 1.82) is 0 Å². The fraction of sp³-hybridized carbons (Fsp3) is 0. The van der Waals surface area contributed by atoms with Crippen LogP contribution in [0.3, 0.4) is 0 Å². The Morgan fingerprint density at radius 2 is 1.66 bits per heavy atom. The molecule has 0 spiro atoms. The Morgan fingerprint density at radius 3 is 2.38 bits per heavy atom. The van der Waals surface area contributed by atoms with Crippen molar-refractivity contribution < 1.29 is 19.8 Å². The quantitative estimate of drug-likeness (QED) is 0.379. The molecule has 0 atom stereocenters. The van der Waals surface area contributed by atoms with E-state index < -0.39 is 5.91 Å². The molecule has 2 amide bonds. The van der Waals surface area contributed by atoms with Crippen LogP contribution in [-0.2, 0) is 0 Å². The van der Waals surface area contributed by atoms with Gasteiger partial charge in [-0.15, -0.1) is 0 Å². The number of phenols is 2. The van der Waals surface area contributed by atoms with Crippen LogP contribution < -0.4 is 10.7 Å². The van der Waals surface area contributed by atoms with Gasteiger partial charge >= 0.3 is 0 Å². The van der Waals surface area contributed by atoms with Crippen molar-refractivity contribution in [2.45, 2.75) is 0 Å². The third-order valence-electron chi connectivity index (χ3n) is 3.91. The standard InChI is InChI=1S/C21H16ClN3O4/c22-15-8-5-13(6-9-15)20(28)24-18-4-2-1-3-17(18)21(29)25-23-12-14-7-10-16(26)11-19(14)27/h1-12,26-27H,(H,24,28)(H,25,29)/b23-12-. The maximum Gasteiger partial charge on any atom is 0.273 e. The second-order valence-corrected chi connectivity index (χ2v) is 6.39. The number of phenolic OH excluding ortho intramolecular Hbond substituents is 2. The molecule has 3 rings (SSSR count). The number of benzene rings is 3. The monoisotopic (exact) mass is 409 g/mol. The van der Waals surface area contributed by atoms with E-state index in [9.17, 15) is 19.8 Å². The Balaban J connectivity index is 1.72. The van der Waals surface area contributed by atoms with E-state index in [2.05, 4.69) is 15.8 Å². The van der Waals surface area contributed by atoms with E-state index in [0.29, 0.717) is 21.8 Å². The van der Waals surface area contributed by atoms with E-state index in [1.165, 1.54) is 18.3 Å². The molecule has 8 heteroatoms. The molecule has 0 aromatic heterocycles. The molecule has 0 aliphatic heterocycles. The Labute approximate surface area is 171 Å². The van der Waals surface area contributed by atoms with Crippen LogP contribution >= 0.6 is 11.6 Å². The summed E-state index contributed by atoms with van der Waals surface area (Å²) in [6.45, 7) is 0. The zero-order valence-electron chi connectivity index (χ0n) is 15.0. The summed E-state index contributed by atoms with van der Waals surface area (Å²) in [5.74, 6) is -1.21. The van der Waals surface area contributed by atoms with Gasteiger partial charge in [0.15, 0.2) is 0 Å². The summed E-state index contributed by atoms with van der Waals surface area (Å²) in [6, 6.07) is 16.8. The van der Waals surface area contributed by atoms with Crippen molar-refractivity contribution in [1.82, 2.24) is 5.43 Å². The number of aromatic hydroxyl groups is 2. The first-order chi connectivity index (χ1) is 13.9. The van der Waals surface area contributed by atoms with Crippen LogP contribution in [0.1, 0.15) is 26.3 Å². The smallest absolute Gasteiger partial charge is 0.273 e. The molecule has 146 valence electrons. The second kappa shape index (κ2) is 8.90. The number of hydrogen-bond donors (Lipinski definition) is 4. The van der Waals surface area contributed by atoms with E-state index in [-0.39, 0.29) is 23.0 Å². The summed E-state index contributed by atoms with van der Waals surface area (Å²) >= 11 is 5.83. The molecular formula is C21H16ClN3O4. The largest absolute Gasteiger partial charge is 0.508 e. The zero-order valence-corrected chi connectivity index (χ0v) is 15.7. The molecule has 0 saturated carbocycles. The second-order valence-electron chi connectivity index (χ2n) is 5.95. The van der Waals surface area contributed by atoms with Crippen LogP contribution in [-0.4, -0.2) is 28.2 Å². The Hall–Kier alpha value is -3.84. The van der Waals surface area contributed by atoms with Crippen molar-refractivity contribution in [3.63, 3.8) is 0 Å². The number of hydrazone groups is 1. The van der Waals surface area contributed by atoms with E-state index in [1.54, 1.807) is 48.5 Å². The third kappa shape index (κ3) is 5.12. The molecule has 3 aromatic carbocycles. The molecule has 0 saturated heterocycles. The number of amides is 2. The number of anilines is 1. The van der Waals surface area contributed by atoms with Crippen molar-refractivity contribution in [3.05, 3.63) is 88.4 Å². The van der Waals surface area contributed by atoms with Gasteiger partial charge < -0.3 is 15.5 Å². The summed E-state index contributed by atoms with van der Waals surface area (Å²) in [5.41, 5.74) is 3.57. The van der Waals surface area contributed by atoms with Gasteiger partial charge in [-0.2, -0.15) is 5.10 Å². The van der Waals surface area contributed by atoms with E-state index >= 15 is 0 Å². The predicted octanol–water partition coefficient (Wildman–Crippen LogP) is 3.77. The summed E-state index contributed by atoms with van der Waals surface area (Å²) < 4.78 is 0. The van der Waals surface area contributed by atoms with Crippen LogP contribution in [0.2, 0.25) is 5.02 Å². The van der Waals surface area contributed by atoms with Gasteiger partial charge in [0.25, 0.3) is 11.8 Å². The molecule has 0 heterocycles. The molecule has 0 radical (unpaired) electrons. The van der Waals surface area contributed by atoms with Gasteiger partial charge in [0.1, 0.15) is 11.5 Å². The first-order valence-electron chi connectivity index (χ1n) is 8.45. The number of carbonyl (C=O) groups is 2. The summed E-state index contributed by atoms with van der Waals surface area (Å²) in [4.78, 5) is 24.9. The van der Waals surface area contributed by atoms with Gasteiger partial charge in [0, 0.05) is 22.2 Å². The van der Waals surface area contributed by atoms with E-state index in [4.69, 9.17) is 11.6 Å². The zero-order chi connectivity index (χ0) is 20.8. The fourth-order valence-corrected chi connectivity index (χ4v) is 2.57. The highest BCUT2D eigenvalue weighted by atomic mass is 35.5. The number of hydrogen-bond acceptors (Lipinski definition) is 5. The molecular weight excluding hydrogens is 394 g/mol. The predicted molar refractivity (Wildman–Crippen MR) is 111 cm³/mol. The minimum absolute atomic E-state index is 0.0889. The number of nitrogens with zero attached hydrogens (tertiary/aromatic N) is 1. The molecule has 0 unspecified atom stereocenters. The lowest BCUT2D eigenvalue weighted by Crippen LogP contribution is -2.21. The highest BCUT2D eigenvalue weighted by Gasteiger charge is 2.13. The van der Waals surface area contributed by atoms with E-state index in [1.807, 2.05) is 0 Å². The first kappa shape index (κ1) is 19.9. The minimum Gasteiger partial charge on any atom is -0.508 e. The molecule has 0 fully saturated rings. The number of para-hydroxylation sites is 1. The number of rotatable bonds is 5. The number of nitrogens with one attached hydrogen (secondary N) is 2. The van der Waals surface area contributed by atoms with Gasteiger partial charge in [-0.05, 0) is 48.5 Å². The maximum absolute atomic E-state index is 12.5. The lowest BCUT2D eigenvalue weighted by molar-refractivity contribution is 0.0956. The maximum atomic E-state index is 12.5. The Bertz CT molecular complexity index is 1080. The molecule has 7 nitrogen and oxygen atoms in total. The third-order valence-corrected chi connectivity index (χ3v) is 4.16. The molecule has 0 aliphatic rings. The number of carbonyl (C=O) groups excluding carboxylic acids is 2. The summed E-state index contributed by atoms with van der Waals surface area (Å²) in [6.07, 6.45) is 1.24. The van der Waals surface area contributed by atoms with Crippen LogP contribution in [0.5, 0.6) is 11.5 Å². The lowest BCUT2D eigenvalue weighted by Gasteiger charge is -2.10. The van der Waals surface area contributed by atoms with Gasteiger partial charge in [0.05, 0.1) is 17.5 Å². The van der Waals surface area contributed by atoms with E-state index in [0.717, 1.165) is 6.07 Å². The van der Waals surface area contributed by atoms with Crippen LogP contribution in [0.4, 0.5) is 5.69 Å². The van der Waals surface area contributed by atoms with Crippen LogP contribution in [0, 0.1) is 0 Å². The molecule has 3 aromatic rings. The van der Waals surface area contributed by atoms with Crippen molar-refractivity contribution in [2.24, 2.45) is 5.10 Å². The Kier molecular flexibility index (Phi) is 6.11. The van der Waals surface area contributed by atoms with Crippen molar-refractivity contribution >= 4 is 35.3 Å². The van der Waals surface area contributed by atoms with Crippen molar-refractivity contribution in [2.75, 3.05) is 5.32 Å². The lowest BCUT2D eigenvalue weighted by atomic mass is 10.1. The van der Waals surface area contributed by atoms with Gasteiger partial charge in [0.2, 0.25) is 0 Å². The number of halogens is 1. The first-order valence-corrected chi connectivity index (χ1v) is 8.83. The summed E-state index contributed by atoms with van der Waals surface area (Å²) in [5, 5.41) is 26.0. The Morgan fingerprint density at radius 1 is 0.931 bits per heavy atom. The normalized spacial score (nSPS) is 10.7. The van der Waals surface area contributed by atoms with Crippen LogP contribution in [0.15, 0.2) is 71.8 Å². The van der Waals surface area contributed by atoms with Crippen molar-refractivity contribution in [3.8, 4) is 11.5 Å². The highest BCUT2D eigenvalue weighted by Crippen LogP contribution is 2.21. The average Bonchev–Trinajstić information content (AvgIpc) is 2.70. The molecule has 0 aliphatic carbocycles. The van der Waals surface area contributed by atoms with Gasteiger partial charge in [-0.3, -0.25) is 9.59 Å². The summed E-state index contributed by atoms with van der Waals surface area (Å²) in [7, 11) is 0. The topological polar surface area (TPSA) is 111 Å². The fourth-order valence-electron chi connectivity index (χ4n) is 2.45. The minimum atomic E-state index is -0.550. The SMILES string of the molecule is O=C(Nc1ccccc1C(=O)N/N=C\c1ccc(O)cc1O)c1ccc(Cl)cc1. The van der Waals surface area contributed by atoms with Crippen LogP contribution in [0.25, 0.3) is 0 Å². The average molecular weight is 410 g/mol. The van der Waals surface area contributed by atoms with Gasteiger partial charge in [-0.1, -0.05) is 23.7 Å². The molecule has 29 heavy (non-hydrogen) atoms. The molecule has 0 bridgehead atoms. The highest BCUT2D eigenvalue weighted by molar-refractivity contribution is 6.30. The molecule has 4 N–H and O–H groups in total. The van der Waals surface area contributed by atoms with Gasteiger partial charge in [-0.25, -0.2) is 5.43 Å².